The van der Waals surface area contributed by atoms with Crippen LogP contribution in [0.1, 0.15) is 41.7 Å². The SMILES string of the molecule is O=C(CC(=O)OC(c1ccccc1)c1ccccc1)C[C@@H](O)c1ccc2ccccc2c1. The molecule has 4 aromatic rings. The fourth-order valence-corrected chi connectivity index (χ4v) is 3.74. The van der Waals surface area contributed by atoms with Gasteiger partial charge < -0.3 is 9.84 Å². The van der Waals surface area contributed by atoms with Crippen molar-refractivity contribution in [3.05, 3.63) is 120 Å². The normalized spacial score (nSPS) is 11.9. The molecule has 4 aromatic carbocycles. The molecule has 0 unspecified atom stereocenters. The first-order valence-electron chi connectivity index (χ1n) is 10.6. The van der Waals surface area contributed by atoms with Crippen molar-refractivity contribution in [2.45, 2.75) is 25.0 Å². The zero-order valence-electron chi connectivity index (χ0n) is 17.6. The van der Waals surface area contributed by atoms with E-state index in [1.165, 1.54) is 0 Å². The van der Waals surface area contributed by atoms with Gasteiger partial charge in [0.25, 0.3) is 0 Å². The molecule has 0 fully saturated rings. The highest BCUT2D eigenvalue weighted by Crippen LogP contribution is 2.27. The third-order valence-electron chi connectivity index (χ3n) is 5.37. The molecule has 32 heavy (non-hydrogen) atoms. The van der Waals surface area contributed by atoms with Crippen LogP contribution in [-0.2, 0) is 14.3 Å². The zero-order valence-corrected chi connectivity index (χ0v) is 17.6. The number of hydrogen-bond acceptors (Lipinski definition) is 4. The van der Waals surface area contributed by atoms with Gasteiger partial charge in [0.2, 0.25) is 0 Å². The molecule has 0 saturated heterocycles. The van der Waals surface area contributed by atoms with Crippen LogP contribution in [0.3, 0.4) is 0 Å². The summed E-state index contributed by atoms with van der Waals surface area (Å²) in [6, 6.07) is 32.3. The Hall–Kier alpha value is -3.76. The predicted molar refractivity (Wildman–Crippen MR) is 124 cm³/mol. The number of benzene rings is 4. The van der Waals surface area contributed by atoms with E-state index in [0.29, 0.717) is 5.56 Å². The molecule has 0 aliphatic carbocycles. The summed E-state index contributed by atoms with van der Waals surface area (Å²) >= 11 is 0. The molecular formula is C28H24O4. The summed E-state index contributed by atoms with van der Waals surface area (Å²) in [5, 5.41) is 12.6. The smallest absolute Gasteiger partial charge is 0.314 e. The molecule has 160 valence electrons. The van der Waals surface area contributed by atoms with E-state index in [0.717, 1.165) is 21.9 Å². The van der Waals surface area contributed by atoms with Crippen LogP contribution >= 0.6 is 0 Å². The van der Waals surface area contributed by atoms with E-state index in [1.54, 1.807) is 6.07 Å². The average Bonchev–Trinajstić information content (AvgIpc) is 2.83. The van der Waals surface area contributed by atoms with Gasteiger partial charge in [0.05, 0.1) is 6.10 Å². The largest absolute Gasteiger partial charge is 0.452 e. The fraction of sp³-hybridized carbons (Fsp3) is 0.143. The van der Waals surface area contributed by atoms with E-state index in [-0.39, 0.29) is 18.6 Å². The number of rotatable bonds is 8. The lowest BCUT2D eigenvalue weighted by Crippen LogP contribution is -2.17. The van der Waals surface area contributed by atoms with Crippen LogP contribution in [0.5, 0.6) is 0 Å². The van der Waals surface area contributed by atoms with Crippen molar-refractivity contribution in [3.63, 3.8) is 0 Å². The van der Waals surface area contributed by atoms with Crippen molar-refractivity contribution in [2.75, 3.05) is 0 Å². The quantitative estimate of drug-likeness (QED) is 0.297. The monoisotopic (exact) mass is 424 g/mol. The molecule has 0 aliphatic rings. The summed E-state index contributed by atoms with van der Waals surface area (Å²) < 4.78 is 5.70. The van der Waals surface area contributed by atoms with Gasteiger partial charge in [-0.3, -0.25) is 9.59 Å². The number of ketones is 1. The maximum Gasteiger partial charge on any atom is 0.314 e. The molecule has 0 bridgehead atoms. The molecule has 1 atom stereocenters. The number of hydrogen-bond donors (Lipinski definition) is 1. The number of fused-ring (bicyclic) bond motifs is 1. The van der Waals surface area contributed by atoms with Crippen molar-refractivity contribution < 1.29 is 19.4 Å². The van der Waals surface area contributed by atoms with Crippen molar-refractivity contribution in [1.29, 1.82) is 0 Å². The van der Waals surface area contributed by atoms with Crippen molar-refractivity contribution in [3.8, 4) is 0 Å². The minimum atomic E-state index is -0.973. The standard InChI is InChI=1S/C28H24O4/c29-25(18-26(30)24-16-15-20-9-7-8-14-23(20)17-24)19-27(31)32-28(21-10-3-1-4-11-21)22-12-5-2-6-13-22/h1-17,26,28,30H,18-19H2/t26-/m1/s1. The summed E-state index contributed by atoms with van der Waals surface area (Å²) in [6.07, 6.45) is -2.10. The molecule has 0 saturated carbocycles. The predicted octanol–water partition coefficient (Wildman–Crippen LogP) is 5.56. The van der Waals surface area contributed by atoms with Gasteiger partial charge in [-0.2, -0.15) is 0 Å². The molecule has 4 rings (SSSR count). The van der Waals surface area contributed by atoms with E-state index >= 15 is 0 Å². The maximum absolute atomic E-state index is 12.6. The van der Waals surface area contributed by atoms with E-state index < -0.39 is 18.2 Å². The molecule has 0 aliphatic heterocycles. The van der Waals surface area contributed by atoms with Gasteiger partial charge in [0.15, 0.2) is 6.10 Å². The second-order valence-corrected chi connectivity index (χ2v) is 7.73. The zero-order chi connectivity index (χ0) is 22.3. The molecule has 4 nitrogen and oxygen atoms in total. The Morgan fingerprint density at radius 2 is 1.25 bits per heavy atom. The molecule has 0 amide bonds. The van der Waals surface area contributed by atoms with Gasteiger partial charge in [-0.25, -0.2) is 0 Å². The molecule has 0 heterocycles. The first-order valence-corrected chi connectivity index (χ1v) is 10.6. The number of Topliss-reactive ketones (excluding diaryl/α,β-unsaturated/α-hetero) is 1. The Morgan fingerprint density at radius 1 is 0.688 bits per heavy atom. The summed E-state index contributed by atoms with van der Waals surface area (Å²) in [4.78, 5) is 25.1. The van der Waals surface area contributed by atoms with Crippen LogP contribution in [0.4, 0.5) is 0 Å². The molecule has 0 aromatic heterocycles. The highest BCUT2D eigenvalue weighted by Gasteiger charge is 2.22. The number of esters is 1. The van der Waals surface area contributed by atoms with Crippen LogP contribution in [0.2, 0.25) is 0 Å². The second-order valence-electron chi connectivity index (χ2n) is 7.73. The average molecular weight is 424 g/mol. The lowest BCUT2D eigenvalue weighted by atomic mass is 9.99. The van der Waals surface area contributed by atoms with Gasteiger partial charge >= 0.3 is 5.97 Å². The molecule has 0 spiro atoms. The third-order valence-corrected chi connectivity index (χ3v) is 5.37. The van der Waals surface area contributed by atoms with Gasteiger partial charge in [-0.15, -0.1) is 0 Å². The second kappa shape index (κ2) is 10.0. The van der Waals surface area contributed by atoms with Crippen molar-refractivity contribution in [1.82, 2.24) is 0 Å². The fourth-order valence-electron chi connectivity index (χ4n) is 3.74. The first-order chi connectivity index (χ1) is 15.6. The summed E-state index contributed by atoms with van der Waals surface area (Å²) in [6.45, 7) is 0. The topological polar surface area (TPSA) is 63.6 Å². The van der Waals surface area contributed by atoms with Gasteiger partial charge in [0, 0.05) is 6.42 Å². The third kappa shape index (κ3) is 5.29. The highest BCUT2D eigenvalue weighted by molar-refractivity contribution is 5.96. The molecule has 4 heteroatoms. The Labute approximate surface area is 187 Å². The number of carbonyl (C=O) groups excluding carboxylic acids is 2. The van der Waals surface area contributed by atoms with E-state index in [4.69, 9.17) is 4.74 Å². The Kier molecular flexibility index (Phi) is 6.73. The Morgan fingerprint density at radius 3 is 1.88 bits per heavy atom. The summed E-state index contributed by atoms with van der Waals surface area (Å²) in [7, 11) is 0. The van der Waals surface area contributed by atoms with Gasteiger partial charge in [-0.1, -0.05) is 97.1 Å². The number of carbonyl (C=O) groups is 2. The van der Waals surface area contributed by atoms with Crippen molar-refractivity contribution >= 4 is 22.5 Å². The lowest BCUT2D eigenvalue weighted by Gasteiger charge is -2.19. The lowest BCUT2D eigenvalue weighted by molar-refractivity contribution is -0.149. The first kappa shape index (κ1) is 21.5. The summed E-state index contributed by atoms with van der Waals surface area (Å²) in [5.74, 6) is -0.978. The molecule has 0 radical (unpaired) electrons. The maximum atomic E-state index is 12.6. The minimum Gasteiger partial charge on any atom is -0.452 e. The van der Waals surface area contributed by atoms with Crippen LogP contribution in [0.15, 0.2) is 103 Å². The molecule has 1 N–H and O–H groups in total. The van der Waals surface area contributed by atoms with E-state index in [9.17, 15) is 14.7 Å². The Balaban J connectivity index is 1.41. The van der Waals surface area contributed by atoms with E-state index in [2.05, 4.69) is 0 Å². The highest BCUT2D eigenvalue weighted by atomic mass is 16.5. The minimum absolute atomic E-state index is 0.144. The van der Waals surface area contributed by atoms with Crippen LogP contribution in [-0.4, -0.2) is 16.9 Å². The van der Waals surface area contributed by atoms with E-state index in [1.807, 2.05) is 97.1 Å². The Bertz CT molecular complexity index is 1160. The molecular weight excluding hydrogens is 400 g/mol. The van der Waals surface area contributed by atoms with Crippen LogP contribution < -0.4 is 0 Å². The van der Waals surface area contributed by atoms with Crippen LogP contribution in [0, 0.1) is 0 Å². The van der Waals surface area contributed by atoms with Gasteiger partial charge in [0.1, 0.15) is 12.2 Å². The number of aliphatic hydroxyl groups excluding tert-OH is 1. The summed E-state index contributed by atoms with van der Waals surface area (Å²) in [5.41, 5.74) is 2.31. The number of aliphatic hydroxyl groups is 1. The van der Waals surface area contributed by atoms with Gasteiger partial charge in [-0.05, 0) is 33.5 Å². The number of ether oxygens (including phenoxy) is 1. The van der Waals surface area contributed by atoms with Crippen LogP contribution in [0.25, 0.3) is 10.8 Å². The van der Waals surface area contributed by atoms with Crippen molar-refractivity contribution in [2.24, 2.45) is 0 Å².